The van der Waals surface area contributed by atoms with Gasteiger partial charge in [0.2, 0.25) is 0 Å². The summed E-state index contributed by atoms with van der Waals surface area (Å²) in [6, 6.07) is 2.96. The van der Waals surface area contributed by atoms with E-state index in [1.54, 1.807) is 19.2 Å². The van der Waals surface area contributed by atoms with E-state index >= 15 is 0 Å². The first-order chi connectivity index (χ1) is 8.56. The number of likely N-dealkylation sites (N-methyl/N-ethyl adjacent to an activating group) is 1. The molecule has 1 aromatic heterocycles. The Labute approximate surface area is 129 Å². The molecule has 0 aliphatic carbocycles. The van der Waals surface area contributed by atoms with Crippen LogP contribution in [0.5, 0.6) is 0 Å². The predicted molar refractivity (Wildman–Crippen MR) is 79.1 cm³/mol. The Morgan fingerprint density at radius 3 is 2.47 bits per heavy atom. The lowest BCUT2D eigenvalue weighted by Crippen LogP contribution is -2.35. The van der Waals surface area contributed by atoms with Gasteiger partial charge < -0.3 is 10.1 Å². The number of pyridine rings is 1. The van der Waals surface area contributed by atoms with Crippen LogP contribution in [-0.4, -0.2) is 24.0 Å². The first kappa shape index (κ1) is 18.4. The predicted octanol–water partition coefficient (Wildman–Crippen LogP) is 3.24. The number of rotatable bonds is 6. The molecule has 1 heterocycles. The topological polar surface area (TPSA) is 51.2 Å². The van der Waals surface area contributed by atoms with Crippen LogP contribution in [0.4, 0.5) is 0 Å². The molecule has 108 valence electrons. The molecule has 0 spiro atoms. The van der Waals surface area contributed by atoms with Gasteiger partial charge in [-0.3, -0.25) is 4.79 Å². The highest BCUT2D eigenvalue weighted by atomic mass is 35.5. The summed E-state index contributed by atoms with van der Waals surface area (Å²) in [6.45, 7) is 2.16. The minimum absolute atomic E-state index is 0. The van der Waals surface area contributed by atoms with E-state index in [0.717, 1.165) is 18.4 Å². The van der Waals surface area contributed by atoms with Crippen molar-refractivity contribution >= 4 is 41.6 Å². The van der Waals surface area contributed by atoms with Crippen molar-refractivity contribution in [2.45, 2.75) is 32.4 Å². The van der Waals surface area contributed by atoms with Gasteiger partial charge in [-0.1, -0.05) is 36.5 Å². The minimum Gasteiger partial charge on any atom is -0.460 e. The summed E-state index contributed by atoms with van der Waals surface area (Å²) in [5.74, 6) is -0.275. The van der Waals surface area contributed by atoms with Crippen LogP contribution < -0.4 is 5.32 Å². The van der Waals surface area contributed by atoms with Gasteiger partial charge in [0.25, 0.3) is 0 Å². The third kappa shape index (κ3) is 6.43. The third-order valence-electron chi connectivity index (χ3n) is 2.41. The molecule has 1 aromatic rings. The molecule has 0 radical (unpaired) electrons. The van der Waals surface area contributed by atoms with Crippen LogP contribution in [0, 0.1) is 0 Å². The van der Waals surface area contributed by atoms with Crippen LogP contribution in [0.3, 0.4) is 0 Å². The average Bonchev–Trinajstić information content (AvgIpc) is 2.32. The molecule has 1 rings (SSSR count). The highest BCUT2D eigenvalue weighted by Gasteiger charge is 2.16. The molecule has 0 aliphatic rings. The molecule has 19 heavy (non-hydrogen) atoms. The first-order valence-corrected chi connectivity index (χ1v) is 6.48. The number of hydrogen-bond donors (Lipinski definition) is 1. The van der Waals surface area contributed by atoms with Crippen LogP contribution in [0.2, 0.25) is 10.3 Å². The summed E-state index contributed by atoms with van der Waals surface area (Å²) in [6.07, 6.45) is 1.65. The van der Waals surface area contributed by atoms with Crippen LogP contribution in [0.15, 0.2) is 12.1 Å². The number of nitrogens with zero attached hydrogens (tertiary/aromatic N) is 1. The Balaban J connectivity index is 0.00000324. The normalized spacial score (nSPS) is 11.6. The second kappa shape index (κ2) is 9.37. The molecule has 0 amide bonds. The van der Waals surface area contributed by atoms with E-state index in [4.69, 9.17) is 27.9 Å². The molecule has 0 saturated heterocycles. The van der Waals surface area contributed by atoms with E-state index in [0.29, 0.717) is 0 Å². The van der Waals surface area contributed by atoms with Crippen molar-refractivity contribution in [1.29, 1.82) is 0 Å². The standard InChI is InChI=1S/C12H16Cl2N2O2.ClH/c1-3-4-9(15-2)12(17)18-7-8-5-10(13)16-11(14)6-8;/h5-6,9,15H,3-4,7H2,1-2H3;1H/t9-;/m0./s1. The number of hydrogen-bond acceptors (Lipinski definition) is 4. The van der Waals surface area contributed by atoms with Gasteiger partial charge in [-0.25, -0.2) is 4.98 Å². The molecular formula is C12H17Cl3N2O2. The molecule has 0 saturated carbocycles. The second-order valence-electron chi connectivity index (χ2n) is 3.86. The van der Waals surface area contributed by atoms with Crippen molar-refractivity contribution in [1.82, 2.24) is 10.3 Å². The fraction of sp³-hybridized carbons (Fsp3) is 0.500. The van der Waals surface area contributed by atoms with Crippen molar-refractivity contribution in [2.24, 2.45) is 0 Å². The number of nitrogens with one attached hydrogen (secondary N) is 1. The molecule has 0 unspecified atom stereocenters. The van der Waals surface area contributed by atoms with Crippen molar-refractivity contribution < 1.29 is 9.53 Å². The highest BCUT2D eigenvalue weighted by Crippen LogP contribution is 2.15. The summed E-state index contributed by atoms with van der Waals surface area (Å²) < 4.78 is 5.20. The Bertz CT molecular complexity index is 396. The fourth-order valence-corrected chi connectivity index (χ4v) is 2.03. The van der Waals surface area contributed by atoms with Crippen molar-refractivity contribution in [3.63, 3.8) is 0 Å². The molecule has 1 atom stereocenters. The molecule has 1 N–H and O–H groups in total. The lowest BCUT2D eigenvalue weighted by Gasteiger charge is -2.14. The van der Waals surface area contributed by atoms with Crippen molar-refractivity contribution in [3.8, 4) is 0 Å². The summed E-state index contributed by atoms with van der Waals surface area (Å²) in [7, 11) is 1.74. The van der Waals surface area contributed by atoms with Gasteiger partial charge >= 0.3 is 5.97 Å². The zero-order valence-electron chi connectivity index (χ0n) is 10.8. The van der Waals surface area contributed by atoms with Gasteiger partial charge in [0.05, 0.1) is 0 Å². The summed E-state index contributed by atoms with van der Waals surface area (Å²) in [5.41, 5.74) is 0.722. The lowest BCUT2D eigenvalue weighted by atomic mass is 10.2. The Morgan fingerprint density at radius 2 is 2.00 bits per heavy atom. The summed E-state index contributed by atoms with van der Waals surface area (Å²) >= 11 is 11.5. The van der Waals surface area contributed by atoms with Gasteiger partial charge in [0.15, 0.2) is 0 Å². The Hall–Kier alpha value is -0.550. The summed E-state index contributed by atoms with van der Waals surface area (Å²) in [5, 5.41) is 3.49. The van der Waals surface area contributed by atoms with E-state index in [1.165, 1.54) is 0 Å². The quantitative estimate of drug-likeness (QED) is 0.644. The van der Waals surface area contributed by atoms with Crippen LogP contribution in [0.25, 0.3) is 0 Å². The second-order valence-corrected chi connectivity index (χ2v) is 4.63. The van der Waals surface area contributed by atoms with E-state index < -0.39 is 0 Å². The molecule has 7 heteroatoms. The maximum atomic E-state index is 11.7. The van der Waals surface area contributed by atoms with Gasteiger partial charge in [-0.2, -0.15) is 0 Å². The maximum absolute atomic E-state index is 11.7. The van der Waals surface area contributed by atoms with Crippen molar-refractivity contribution in [3.05, 3.63) is 28.0 Å². The Morgan fingerprint density at radius 1 is 1.42 bits per heavy atom. The number of ether oxygens (including phenoxy) is 1. The fourth-order valence-electron chi connectivity index (χ4n) is 1.52. The highest BCUT2D eigenvalue weighted by molar-refractivity contribution is 6.32. The SMILES string of the molecule is CCC[C@H](NC)C(=O)OCc1cc(Cl)nc(Cl)c1.Cl. The van der Waals surface area contributed by atoms with Crippen LogP contribution >= 0.6 is 35.6 Å². The zero-order chi connectivity index (χ0) is 13.5. The van der Waals surface area contributed by atoms with E-state index in [1.807, 2.05) is 6.92 Å². The van der Waals surface area contributed by atoms with E-state index in [2.05, 4.69) is 10.3 Å². The smallest absolute Gasteiger partial charge is 0.323 e. The lowest BCUT2D eigenvalue weighted by molar-refractivity contribution is -0.147. The molecule has 0 fully saturated rings. The molecule has 4 nitrogen and oxygen atoms in total. The first-order valence-electron chi connectivity index (χ1n) is 5.72. The maximum Gasteiger partial charge on any atom is 0.323 e. The number of halogens is 3. The number of carbonyl (C=O) groups excluding carboxylic acids is 1. The van der Waals surface area contributed by atoms with E-state index in [9.17, 15) is 4.79 Å². The van der Waals surface area contributed by atoms with Gasteiger partial charge in [0.1, 0.15) is 23.0 Å². The van der Waals surface area contributed by atoms with Gasteiger partial charge in [-0.05, 0) is 31.2 Å². The largest absolute Gasteiger partial charge is 0.460 e. The average molecular weight is 328 g/mol. The van der Waals surface area contributed by atoms with Crippen LogP contribution in [0.1, 0.15) is 25.3 Å². The zero-order valence-corrected chi connectivity index (χ0v) is 13.1. The number of aromatic nitrogens is 1. The molecule has 0 aromatic carbocycles. The summed E-state index contributed by atoms with van der Waals surface area (Å²) in [4.78, 5) is 15.6. The minimum atomic E-state index is -0.275. The third-order valence-corrected chi connectivity index (χ3v) is 2.80. The molecular weight excluding hydrogens is 311 g/mol. The van der Waals surface area contributed by atoms with E-state index in [-0.39, 0.29) is 41.3 Å². The van der Waals surface area contributed by atoms with Gasteiger partial charge in [0, 0.05) is 0 Å². The number of carbonyl (C=O) groups is 1. The Kier molecular flexibility index (Phi) is 9.10. The number of esters is 1. The van der Waals surface area contributed by atoms with Crippen molar-refractivity contribution in [2.75, 3.05) is 7.05 Å². The van der Waals surface area contributed by atoms with Gasteiger partial charge in [-0.15, -0.1) is 12.4 Å². The molecule has 0 aliphatic heterocycles. The molecule has 0 bridgehead atoms. The van der Waals surface area contributed by atoms with Crippen LogP contribution in [-0.2, 0) is 16.1 Å². The monoisotopic (exact) mass is 326 g/mol.